The molecule has 0 unspecified atom stereocenters. The van der Waals surface area contributed by atoms with E-state index in [4.69, 9.17) is 5.11 Å². The molecule has 2 N–H and O–H groups in total. The zero-order valence-corrected chi connectivity index (χ0v) is 33.2. The van der Waals surface area contributed by atoms with Gasteiger partial charge in [-0.05, 0) is 17.5 Å². The first-order valence-electron chi connectivity index (χ1n) is 18.4. The van der Waals surface area contributed by atoms with E-state index in [1.807, 2.05) is 0 Å². The van der Waals surface area contributed by atoms with Gasteiger partial charge < -0.3 is 10.2 Å². The summed E-state index contributed by atoms with van der Waals surface area (Å²) in [6, 6.07) is 14.5. The Morgan fingerprint density at radius 3 is 1.00 bits per heavy atom. The molecule has 0 aliphatic rings. The summed E-state index contributed by atoms with van der Waals surface area (Å²) >= 11 is 0. The van der Waals surface area contributed by atoms with E-state index < -0.39 is 156 Å². The Hall–Kier alpha value is -8.00. The molecule has 364 valence electrons. The average molecular weight is 1020 g/mol. The summed E-state index contributed by atoms with van der Waals surface area (Å²) in [4.78, 5) is 35.3. The SMILES string of the molecule is Fc1c(F)c(F)c([B-](c2c(F)c(F)c(F)c(F)c2F)(c2c(F)c(F)c(F)c(F)c2F)c2c(F)c(F)c(F)c(F)c2F)c(F)c1F.O=C(O)c1ccc2cc[n+](CC(=O)c3ccccc3)c(C(=O)O)c2c1. The van der Waals surface area contributed by atoms with Gasteiger partial charge in [-0.25, -0.2) is 97.4 Å². The Kier molecular flexibility index (Phi) is 13.8. The van der Waals surface area contributed by atoms with Crippen LogP contribution in [0.4, 0.5) is 87.8 Å². The molecular weight excluding hydrogens is 1000 g/mol. The molecule has 0 radical (unpaired) electrons. The number of halogens is 20. The lowest BCUT2D eigenvalue weighted by Crippen LogP contribution is -2.81. The number of Topliss-reactive ketones (excluding diaryl/α,β-unsaturated/α-hetero) is 1. The molecule has 0 aliphatic carbocycles. The molecule has 1 aromatic heterocycles. The van der Waals surface area contributed by atoms with Gasteiger partial charge in [-0.3, -0.25) is 4.79 Å². The monoisotopic (exact) mass is 1020 g/mol. The number of ketones is 1. The lowest BCUT2D eigenvalue weighted by molar-refractivity contribution is -0.684. The van der Waals surface area contributed by atoms with Gasteiger partial charge in [0.15, 0.2) is 76.0 Å². The van der Waals surface area contributed by atoms with E-state index in [-0.39, 0.29) is 29.0 Å². The molecule has 0 fully saturated rings. The van der Waals surface area contributed by atoms with Crippen LogP contribution in [0.1, 0.15) is 31.2 Å². The molecular formula is C43H14BF20NO5. The maximum absolute atomic E-state index is 15.4. The maximum atomic E-state index is 15.4. The number of carboxylic acids is 2. The second-order valence-electron chi connectivity index (χ2n) is 14.3. The van der Waals surface area contributed by atoms with E-state index in [1.165, 1.54) is 22.9 Å². The molecule has 6 aromatic carbocycles. The quantitative estimate of drug-likeness (QED) is 0.0380. The molecule has 0 aliphatic heterocycles. The third-order valence-electron chi connectivity index (χ3n) is 10.6. The zero-order chi connectivity index (χ0) is 52.3. The van der Waals surface area contributed by atoms with Crippen molar-refractivity contribution < 1.29 is 117 Å². The number of nitrogens with zero attached hydrogens (tertiary/aromatic N) is 1. The van der Waals surface area contributed by atoms with Crippen LogP contribution in [0.5, 0.6) is 0 Å². The summed E-state index contributed by atoms with van der Waals surface area (Å²) in [7, 11) is 0. The number of aromatic carboxylic acids is 2. The van der Waals surface area contributed by atoms with Crippen LogP contribution in [-0.4, -0.2) is 34.1 Å². The zero-order valence-electron chi connectivity index (χ0n) is 33.2. The normalized spacial score (nSPS) is 11.5. The fourth-order valence-corrected chi connectivity index (χ4v) is 7.55. The Labute approximate surface area is 373 Å². The molecule has 0 bridgehead atoms. The molecule has 1 heterocycles. The van der Waals surface area contributed by atoms with Crippen molar-refractivity contribution >= 4 is 56.5 Å². The van der Waals surface area contributed by atoms with Crippen molar-refractivity contribution in [1.29, 1.82) is 0 Å². The minimum Gasteiger partial charge on any atom is -0.478 e. The number of rotatable bonds is 9. The maximum Gasteiger partial charge on any atom is 0.401 e. The highest BCUT2D eigenvalue weighted by atomic mass is 19.2. The third kappa shape index (κ3) is 7.96. The van der Waals surface area contributed by atoms with Crippen LogP contribution in [-0.2, 0) is 6.54 Å². The average Bonchev–Trinajstić information content (AvgIpc) is 3.33. The molecule has 27 heteroatoms. The number of carbonyl (C=O) groups excluding carboxylic acids is 1. The number of hydrogen-bond donors (Lipinski definition) is 2. The standard InChI is InChI=1S/C24BF20.C19H13NO5/c26-5-1(6(27)14(35)21(42)13(5)34)25(2-7(28)15(36)22(43)16(37)8(2)29,3-9(30)17(38)23(44)18(39)10(3)31)4-11(32)19(40)24(45)20(41)12(4)33;21-16(13-4-2-1-3-5-13)11-20-9-8-12-6-7-14(18(22)23)10-15(12)17(20)19(24)25/h;1-10H,11H2,(H-,22,23,24,25)/q-1;/p+1. The summed E-state index contributed by atoms with van der Waals surface area (Å²) in [5.74, 6) is -74.0. The van der Waals surface area contributed by atoms with Crippen molar-refractivity contribution in [2.45, 2.75) is 6.54 Å². The van der Waals surface area contributed by atoms with E-state index >= 15 is 35.1 Å². The number of carbonyl (C=O) groups is 3. The van der Waals surface area contributed by atoms with Gasteiger partial charge in [0.25, 0.3) is 5.69 Å². The lowest BCUT2D eigenvalue weighted by atomic mass is 9.12. The number of carboxylic acid groups (broad SMARTS) is 2. The highest BCUT2D eigenvalue weighted by Gasteiger charge is 2.52. The predicted octanol–water partition coefficient (Wildman–Crippen LogP) is 8.25. The van der Waals surface area contributed by atoms with E-state index in [2.05, 4.69) is 0 Å². The molecule has 7 aromatic rings. The molecule has 7 rings (SSSR count). The number of pyridine rings is 1. The van der Waals surface area contributed by atoms with E-state index in [9.17, 15) is 72.2 Å². The fraction of sp³-hybridized carbons (Fsp3) is 0.0233. The van der Waals surface area contributed by atoms with Crippen molar-refractivity contribution in [3.63, 3.8) is 0 Å². The van der Waals surface area contributed by atoms with Crippen LogP contribution in [0.25, 0.3) is 10.8 Å². The predicted molar refractivity (Wildman–Crippen MR) is 198 cm³/mol. The molecule has 0 spiro atoms. The van der Waals surface area contributed by atoms with Crippen LogP contribution < -0.4 is 26.4 Å². The van der Waals surface area contributed by atoms with Gasteiger partial charge in [0.2, 0.25) is 12.3 Å². The number of fused-ring (bicyclic) bond motifs is 1. The van der Waals surface area contributed by atoms with Gasteiger partial charge in [0.1, 0.15) is 52.7 Å². The minimum atomic E-state index is -7.22. The Morgan fingerprint density at radius 2 is 0.700 bits per heavy atom. The van der Waals surface area contributed by atoms with Crippen LogP contribution in [0, 0.1) is 116 Å². The second kappa shape index (κ2) is 18.8. The third-order valence-corrected chi connectivity index (χ3v) is 10.6. The molecule has 0 atom stereocenters. The summed E-state index contributed by atoms with van der Waals surface area (Å²) < 4.78 is 295. The molecule has 6 nitrogen and oxygen atoms in total. The fourth-order valence-electron chi connectivity index (χ4n) is 7.55. The van der Waals surface area contributed by atoms with Crippen molar-refractivity contribution in [3.8, 4) is 0 Å². The summed E-state index contributed by atoms with van der Waals surface area (Å²) in [5.41, 5.74) is -14.0. The van der Waals surface area contributed by atoms with Crippen LogP contribution in [0.3, 0.4) is 0 Å². The number of aromatic nitrogens is 1. The Morgan fingerprint density at radius 1 is 0.386 bits per heavy atom. The van der Waals surface area contributed by atoms with Crippen LogP contribution >= 0.6 is 0 Å². The summed E-state index contributed by atoms with van der Waals surface area (Å²) in [6.45, 7) is -0.154. The number of benzene rings is 6. The summed E-state index contributed by atoms with van der Waals surface area (Å²) in [5, 5.41) is 19.6. The lowest BCUT2D eigenvalue weighted by Gasteiger charge is -2.44. The molecule has 0 saturated heterocycles. The highest BCUT2D eigenvalue weighted by molar-refractivity contribution is 7.20. The van der Waals surface area contributed by atoms with Crippen molar-refractivity contribution in [2.24, 2.45) is 0 Å². The first kappa shape index (κ1) is 51.4. The molecule has 70 heavy (non-hydrogen) atoms. The minimum absolute atomic E-state index is 0.0119. The van der Waals surface area contributed by atoms with Gasteiger partial charge in [-0.15, -0.1) is 21.9 Å². The first-order chi connectivity index (χ1) is 32.7. The van der Waals surface area contributed by atoms with Crippen molar-refractivity contribution in [2.75, 3.05) is 0 Å². The van der Waals surface area contributed by atoms with Crippen molar-refractivity contribution in [1.82, 2.24) is 0 Å². The summed E-state index contributed by atoms with van der Waals surface area (Å²) in [6.07, 6.45) is -5.70. The number of hydrogen-bond acceptors (Lipinski definition) is 3. The van der Waals surface area contributed by atoms with E-state index in [0.717, 1.165) is 0 Å². The topological polar surface area (TPSA) is 95.5 Å². The van der Waals surface area contributed by atoms with Crippen LogP contribution in [0.15, 0.2) is 60.8 Å². The molecule has 0 amide bonds. The first-order valence-corrected chi connectivity index (χ1v) is 18.4. The van der Waals surface area contributed by atoms with Gasteiger partial charge in [0.05, 0.1) is 10.9 Å². The molecule has 0 saturated carbocycles. The largest absolute Gasteiger partial charge is 0.478 e. The Balaban J connectivity index is 0.000000270. The highest BCUT2D eigenvalue weighted by Crippen LogP contribution is 2.31. The second-order valence-corrected chi connectivity index (χ2v) is 14.3. The van der Waals surface area contributed by atoms with E-state index in [0.29, 0.717) is 10.9 Å². The van der Waals surface area contributed by atoms with Gasteiger partial charge in [-0.2, -0.15) is 4.57 Å². The van der Waals surface area contributed by atoms with Gasteiger partial charge >= 0.3 is 11.9 Å². The van der Waals surface area contributed by atoms with Crippen molar-refractivity contribution in [3.05, 3.63) is 194 Å². The Bertz CT molecular complexity index is 3010. The van der Waals surface area contributed by atoms with E-state index in [1.54, 1.807) is 42.5 Å². The van der Waals surface area contributed by atoms with Gasteiger partial charge in [0, 0.05) is 11.6 Å². The van der Waals surface area contributed by atoms with Gasteiger partial charge in [-0.1, -0.05) is 36.4 Å². The smallest absolute Gasteiger partial charge is 0.401 e. The van der Waals surface area contributed by atoms with Crippen LogP contribution in [0.2, 0.25) is 0 Å².